The summed E-state index contributed by atoms with van der Waals surface area (Å²) in [6.07, 6.45) is 5.36. The zero-order chi connectivity index (χ0) is 11.7. The Bertz CT molecular complexity index is 590. The van der Waals surface area contributed by atoms with Crippen LogP contribution in [0.2, 0.25) is 0 Å². The summed E-state index contributed by atoms with van der Waals surface area (Å²) < 4.78 is 1.27. The molecule has 1 aliphatic rings. The van der Waals surface area contributed by atoms with E-state index in [0.717, 1.165) is 6.42 Å². The highest BCUT2D eigenvalue weighted by atomic mass is 79.9. The van der Waals surface area contributed by atoms with Gasteiger partial charge in [-0.05, 0) is 27.8 Å². The molecule has 0 N–H and O–H groups in total. The second kappa shape index (κ2) is 4.63. The summed E-state index contributed by atoms with van der Waals surface area (Å²) >= 11 is 5.40. The fourth-order valence-corrected chi connectivity index (χ4v) is 3.40. The molecule has 0 atom stereocenters. The van der Waals surface area contributed by atoms with Crippen LogP contribution in [0.3, 0.4) is 0 Å². The van der Waals surface area contributed by atoms with Gasteiger partial charge < -0.3 is 0 Å². The standard InChI is InChI=1S/C15H11BrS/c16-13-7-6-12(10-13)15-9-8-14(17-15)11-4-2-1-3-5-11/h1-9H,10H2. The van der Waals surface area contributed by atoms with E-state index in [0.29, 0.717) is 0 Å². The van der Waals surface area contributed by atoms with Crippen LogP contribution in [0, 0.1) is 0 Å². The van der Waals surface area contributed by atoms with E-state index in [9.17, 15) is 0 Å². The average Bonchev–Trinajstić information content (AvgIpc) is 2.98. The molecule has 3 rings (SSSR count). The first kappa shape index (κ1) is 11.0. The Labute approximate surface area is 113 Å². The molecule has 0 aliphatic heterocycles. The van der Waals surface area contributed by atoms with Crippen LogP contribution in [0.25, 0.3) is 16.0 Å². The molecule has 0 radical (unpaired) electrons. The van der Waals surface area contributed by atoms with E-state index < -0.39 is 0 Å². The fraction of sp³-hybridized carbons (Fsp3) is 0.0667. The molecule has 0 fully saturated rings. The number of halogens is 1. The number of allylic oxidation sites excluding steroid dienone is 4. The lowest BCUT2D eigenvalue weighted by molar-refractivity contribution is 1.45. The maximum Gasteiger partial charge on any atom is 0.0349 e. The van der Waals surface area contributed by atoms with Crippen LogP contribution in [0.4, 0.5) is 0 Å². The van der Waals surface area contributed by atoms with Gasteiger partial charge in [-0.3, -0.25) is 0 Å². The third kappa shape index (κ3) is 2.28. The number of hydrogen-bond donors (Lipinski definition) is 0. The minimum absolute atomic E-state index is 1.02. The first-order valence-electron chi connectivity index (χ1n) is 5.54. The zero-order valence-corrected chi connectivity index (χ0v) is 11.6. The third-order valence-electron chi connectivity index (χ3n) is 2.81. The van der Waals surface area contributed by atoms with Crippen molar-refractivity contribution in [2.24, 2.45) is 0 Å². The molecule has 1 aromatic carbocycles. The molecular formula is C15H11BrS. The van der Waals surface area contributed by atoms with Gasteiger partial charge in [-0.2, -0.15) is 0 Å². The summed E-state index contributed by atoms with van der Waals surface area (Å²) in [6, 6.07) is 15.0. The van der Waals surface area contributed by atoms with E-state index in [-0.39, 0.29) is 0 Å². The van der Waals surface area contributed by atoms with Gasteiger partial charge in [0.15, 0.2) is 0 Å². The van der Waals surface area contributed by atoms with Crippen molar-refractivity contribution in [3.8, 4) is 10.4 Å². The van der Waals surface area contributed by atoms with Crippen molar-refractivity contribution < 1.29 is 0 Å². The molecule has 2 heteroatoms. The van der Waals surface area contributed by atoms with E-state index in [1.54, 1.807) is 0 Å². The Morgan fingerprint density at radius 3 is 2.35 bits per heavy atom. The Morgan fingerprint density at radius 1 is 0.882 bits per heavy atom. The van der Waals surface area contributed by atoms with Gasteiger partial charge in [0.1, 0.15) is 0 Å². The van der Waals surface area contributed by atoms with Crippen molar-refractivity contribution in [2.45, 2.75) is 6.42 Å². The molecule has 0 unspecified atom stereocenters. The number of hydrogen-bond acceptors (Lipinski definition) is 1. The lowest BCUT2D eigenvalue weighted by Gasteiger charge is -1.98. The van der Waals surface area contributed by atoms with Gasteiger partial charge in [0.2, 0.25) is 0 Å². The van der Waals surface area contributed by atoms with Crippen molar-refractivity contribution in [3.63, 3.8) is 0 Å². The molecule has 0 saturated heterocycles. The molecule has 1 heterocycles. The Hall–Kier alpha value is -1.12. The zero-order valence-electron chi connectivity index (χ0n) is 9.19. The first-order valence-corrected chi connectivity index (χ1v) is 7.15. The average molecular weight is 303 g/mol. The van der Waals surface area contributed by atoms with Gasteiger partial charge in [-0.25, -0.2) is 0 Å². The summed E-state index contributed by atoms with van der Waals surface area (Å²) in [6.45, 7) is 0. The third-order valence-corrected chi connectivity index (χ3v) is 4.56. The maximum atomic E-state index is 3.54. The monoisotopic (exact) mass is 302 g/mol. The van der Waals surface area contributed by atoms with Crippen LogP contribution in [0.1, 0.15) is 11.3 Å². The second-order valence-corrected chi connectivity index (χ2v) is 6.11. The van der Waals surface area contributed by atoms with Crippen LogP contribution in [0.15, 0.2) is 59.1 Å². The van der Waals surface area contributed by atoms with Gasteiger partial charge in [0.25, 0.3) is 0 Å². The predicted molar refractivity (Wildman–Crippen MR) is 79.4 cm³/mol. The lowest BCUT2D eigenvalue weighted by Crippen LogP contribution is -1.73. The quantitative estimate of drug-likeness (QED) is 0.689. The van der Waals surface area contributed by atoms with E-state index >= 15 is 0 Å². The molecule has 84 valence electrons. The minimum Gasteiger partial charge on any atom is -0.136 e. The highest BCUT2D eigenvalue weighted by Crippen LogP contribution is 2.37. The van der Waals surface area contributed by atoms with Crippen molar-refractivity contribution in [1.29, 1.82) is 0 Å². The summed E-state index contributed by atoms with van der Waals surface area (Å²) in [4.78, 5) is 2.71. The molecule has 0 nitrogen and oxygen atoms in total. The molecule has 17 heavy (non-hydrogen) atoms. The molecule has 1 aliphatic carbocycles. The van der Waals surface area contributed by atoms with Gasteiger partial charge in [0, 0.05) is 16.2 Å². The molecule has 0 bridgehead atoms. The Balaban J connectivity index is 1.90. The second-order valence-electron chi connectivity index (χ2n) is 4.01. The van der Waals surface area contributed by atoms with Crippen molar-refractivity contribution >= 4 is 32.8 Å². The topological polar surface area (TPSA) is 0 Å². The van der Waals surface area contributed by atoms with Gasteiger partial charge in [-0.1, -0.05) is 58.4 Å². The van der Waals surface area contributed by atoms with Crippen molar-refractivity contribution in [2.75, 3.05) is 0 Å². The van der Waals surface area contributed by atoms with Crippen molar-refractivity contribution in [1.82, 2.24) is 0 Å². The van der Waals surface area contributed by atoms with Gasteiger partial charge in [0.05, 0.1) is 0 Å². The summed E-state index contributed by atoms with van der Waals surface area (Å²) in [5, 5.41) is 0. The molecule has 1 aromatic heterocycles. The van der Waals surface area contributed by atoms with E-state index in [2.05, 4.69) is 70.5 Å². The van der Waals surface area contributed by atoms with Crippen molar-refractivity contribution in [3.05, 3.63) is 64.0 Å². The molecule has 0 saturated carbocycles. The van der Waals surface area contributed by atoms with E-state index in [1.807, 2.05) is 11.3 Å². The first-order chi connectivity index (χ1) is 8.33. The van der Waals surface area contributed by atoms with E-state index in [4.69, 9.17) is 0 Å². The summed E-state index contributed by atoms with van der Waals surface area (Å²) in [5.74, 6) is 0. The molecular weight excluding hydrogens is 292 g/mol. The summed E-state index contributed by atoms with van der Waals surface area (Å²) in [7, 11) is 0. The number of rotatable bonds is 2. The molecule has 2 aromatic rings. The minimum atomic E-state index is 1.02. The summed E-state index contributed by atoms with van der Waals surface area (Å²) in [5.41, 5.74) is 2.71. The smallest absolute Gasteiger partial charge is 0.0349 e. The SMILES string of the molecule is BrC1=CC=C(c2ccc(-c3ccccc3)s2)C1. The Morgan fingerprint density at radius 2 is 1.65 bits per heavy atom. The number of thiophene rings is 1. The van der Waals surface area contributed by atoms with Crippen LogP contribution in [0.5, 0.6) is 0 Å². The fourth-order valence-electron chi connectivity index (χ4n) is 1.93. The largest absolute Gasteiger partial charge is 0.136 e. The maximum absolute atomic E-state index is 3.54. The predicted octanol–water partition coefficient (Wildman–Crippen LogP) is 5.48. The lowest BCUT2D eigenvalue weighted by atomic mass is 10.2. The Kier molecular flexibility index (Phi) is 3.00. The van der Waals surface area contributed by atoms with Gasteiger partial charge >= 0.3 is 0 Å². The van der Waals surface area contributed by atoms with Crippen LogP contribution >= 0.6 is 27.3 Å². The van der Waals surface area contributed by atoms with Crippen LogP contribution in [-0.4, -0.2) is 0 Å². The molecule has 0 amide bonds. The van der Waals surface area contributed by atoms with Gasteiger partial charge in [-0.15, -0.1) is 11.3 Å². The number of benzene rings is 1. The molecule has 0 spiro atoms. The normalized spacial score (nSPS) is 14.6. The van der Waals surface area contributed by atoms with E-state index in [1.165, 1.54) is 25.4 Å². The van der Waals surface area contributed by atoms with Crippen LogP contribution in [-0.2, 0) is 0 Å². The highest BCUT2D eigenvalue weighted by molar-refractivity contribution is 9.11. The highest BCUT2D eigenvalue weighted by Gasteiger charge is 2.11. The van der Waals surface area contributed by atoms with Crippen LogP contribution < -0.4 is 0 Å².